The molecule has 2 unspecified atom stereocenters. The minimum Gasteiger partial charge on any atom is -0.481 e. The molecule has 0 saturated heterocycles. The van der Waals surface area contributed by atoms with Crippen molar-refractivity contribution in [2.75, 3.05) is 0 Å². The average Bonchev–Trinajstić information content (AvgIpc) is 2.75. The molecule has 30 heavy (non-hydrogen) atoms. The number of rotatable bonds is 13. The van der Waals surface area contributed by atoms with Gasteiger partial charge in [0.05, 0.1) is 5.92 Å². The Morgan fingerprint density at radius 1 is 0.933 bits per heavy atom. The first kappa shape index (κ1) is 23.7. The average molecular weight is 411 g/mol. The Kier molecular flexibility index (Phi) is 10.1. The lowest BCUT2D eigenvalue weighted by molar-refractivity contribution is -0.150. The van der Waals surface area contributed by atoms with Gasteiger partial charge >= 0.3 is 11.9 Å². The predicted octanol–water partition coefficient (Wildman–Crippen LogP) is 5.82. The van der Waals surface area contributed by atoms with Crippen molar-refractivity contribution in [3.05, 3.63) is 71.3 Å². The van der Waals surface area contributed by atoms with Gasteiger partial charge in [0.1, 0.15) is 6.61 Å². The van der Waals surface area contributed by atoms with Gasteiger partial charge in [0.15, 0.2) is 0 Å². The standard InChI is InChI=1S/C26H34O4/c1-3-8-20-11-13-22(14-12-20)19-30-26(29)24(4-2)18-23(15-16-25(27)28)17-21-9-6-5-7-10-21/h5-7,9-14,23-24H,3-4,8,15-19H2,1-2H3,(H,27,28). The monoisotopic (exact) mass is 410 g/mol. The number of hydrogen-bond donors (Lipinski definition) is 1. The van der Waals surface area contributed by atoms with Crippen molar-refractivity contribution in [2.45, 2.75) is 65.4 Å². The largest absolute Gasteiger partial charge is 0.481 e. The summed E-state index contributed by atoms with van der Waals surface area (Å²) in [5.41, 5.74) is 3.45. The Balaban J connectivity index is 1.94. The third-order valence-electron chi connectivity index (χ3n) is 5.52. The van der Waals surface area contributed by atoms with E-state index in [1.165, 1.54) is 11.1 Å². The molecule has 2 atom stereocenters. The number of aryl methyl sites for hydroxylation is 1. The summed E-state index contributed by atoms with van der Waals surface area (Å²) >= 11 is 0. The van der Waals surface area contributed by atoms with E-state index >= 15 is 0 Å². The molecule has 2 rings (SSSR count). The van der Waals surface area contributed by atoms with E-state index in [2.05, 4.69) is 31.2 Å². The van der Waals surface area contributed by atoms with Crippen molar-refractivity contribution in [2.24, 2.45) is 11.8 Å². The van der Waals surface area contributed by atoms with Gasteiger partial charge in [-0.15, -0.1) is 0 Å². The van der Waals surface area contributed by atoms with E-state index in [0.717, 1.165) is 24.8 Å². The Bertz CT molecular complexity index is 767. The molecule has 0 saturated carbocycles. The van der Waals surface area contributed by atoms with E-state index in [1.807, 2.05) is 37.3 Å². The van der Waals surface area contributed by atoms with Crippen LogP contribution >= 0.6 is 0 Å². The summed E-state index contributed by atoms with van der Waals surface area (Å²) in [6.07, 6.45) is 4.95. The topological polar surface area (TPSA) is 63.6 Å². The van der Waals surface area contributed by atoms with Crippen LogP contribution in [-0.2, 0) is 33.8 Å². The van der Waals surface area contributed by atoms with Gasteiger partial charge < -0.3 is 9.84 Å². The van der Waals surface area contributed by atoms with Gasteiger partial charge in [0.25, 0.3) is 0 Å². The summed E-state index contributed by atoms with van der Waals surface area (Å²) in [5.74, 6) is -1.07. The minimum atomic E-state index is -0.796. The summed E-state index contributed by atoms with van der Waals surface area (Å²) in [5, 5.41) is 9.10. The van der Waals surface area contributed by atoms with Crippen LogP contribution in [0.4, 0.5) is 0 Å². The van der Waals surface area contributed by atoms with Gasteiger partial charge in [-0.2, -0.15) is 0 Å². The number of carbonyl (C=O) groups is 2. The number of esters is 1. The van der Waals surface area contributed by atoms with Crippen LogP contribution in [0, 0.1) is 11.8 Å². The first-order chi connectivity index (χ1) is 14.5. The van der Waals surface area contributed by atoms with Crippen molar-refractivity contribution in [1.29, 1.82) is 0 Å². The summed E-state index contributed by atoms with van der Waals surface area (Å²) in [6, 6.07) is 18.3. The lowest BCUT2D eigenvalue weighted by Crippen LogP contribution is -2.22. The van der Waals surface area contributed by atoms with Crippen LogP contribution in [0.2, 0.25) is 0 Å². The Morgan fingerprint density at radius 2 is 1.60 bits per heavy atom. The van der Waals surface area contributed by atoms with Crippen LogP contribution in [0.3, 0.4) is 0 Å². The molecule has 0 amide bonds. The third-order valence-corrected chi connectivity index (χ3v) is 5.52. The van der Waals surface area contributed by atoms with E-state index in [0.29, 0.717) is 19.3 Å². The molecule has 4 heteroatoms. The molecule has 4 nitrogen and oxygen atoms in total. The number of ether oxygens (including phenoxy) is 1. The first-order valence-corrected chi connectivity index (χ1v) is 11.0. The van der Waals surface area contributed by atoms with E-state index in [1.54, 1.807) is 0 Å². The number of carbonyl (C=O) groups excluding carboxylic acids is 1. The highest BCUT2D eigenvalue weighted by Crippen LogP contribution is 2.25. The van der Waals surface area contributed by atoms with Gasteiger partial charge in [-0.1, -0.05) is 74.9 Å². The van der Waals surface area contributed by atoms with Gasteiger partial charge in [-0.05, 0) is 54.7 Å². The molecule has 0 heterocycles. The maximum Gasteiger partial charge on any atom is 0.309 e. The second-order valence-corrected chi connectivity index (χ2v) is 8.00. The van der Waals surface area contributed by atoms with Gasteiger partial charge in [-0.25, -0.2) is 0 Å². The van der Waals surface area contributed by atoms with Crippen molar-refractivity contribution in [3.8, 4) is 0 Å². The maximum absolute atomic E-state index is 12.7. The third kappa shape index (κ3) is 8.40. The second-order valence-electron chi connectivity index (χ2n) is 8.00. The zero-order valence-corrected chi connectivity index (χ0v) is 18.2. The molecule has 0 radical (unpaired) electrons. The number of aliphatic carboxylic acids is 1. The normalized spacial score (nSPS) is 12.9. The van der Waals surface area contributed by atoms with Crippen LogP contribution in [0.5, 0.6) is 0 Å². The molecule has 2 aromatic rings. The van der Waals surface area contributed by atoms with Crippen molar-refractivity contribution in [1.82, 2.24) is 0 Å². The van der Waals surface area contributed by atoms with Crippen LogP contribution in [0.15, 0.2) is 54.6 Å². The van der Waals surface area contributed by atoms with E-state index in [9.17, 15) is 9.59 Å². The Morgan fingerprint density at radius 3 is 2.20 bits per heavy atom. The van der Waals surface area contributed by atoms with Crippen LogP contribution in [0.25, 0.3) is 0 Å². The van der Waals surface area contributed by atoms with E-state index in [-0.39, 0.29) is 30.8 Å². The highest BCUT2D eigenvalue weighted by atomic mass is 16.5. The molecule has 0 bridgehead atoms. The van der Waals surface area contributed by atoms with Crippen molar-refractivity contribution in [3.63, 3.8) is 0 Å². The van der Waals surface area contributed by atoms with Gasteiger partial charge in [-0.3, -0.25) is 9.59 Å². The molecule has 1 N–H and O–H groups in total. The second kappa shape index (κ2) is 12.8. The number of carboxylic acid groups (broad SMARTS) is 1. The molecule has 0 aromatic heterocycles. The fraction of sp³-hybridized carbons (Fsp3) is 0.462. The van der Waals surface area contributed by atoms with Crippen LogP contribution in [-0.4, -0.2) is 17.0 Å². The zero-order chi connectivity index (χ0) is 21.8. The molecule has 0 aliphatic rings. The predicted molar refractivity (Wildman–Crippen MR) is 119 cm³/mol. The highest BCUT2D eigenvalue weighted by Gasteiger charge is 2.24. The van der Waals surface area contributed by atoms with Gasteiger partial charge in [0, 0.05) is 6.42 Å². The van der Waals surface area contributed by atoms with Crippen LogP contribution in [0.1, 0.15) is 62.6 Å². The molecular weight excluding hydrogens is 376 g/mol. The number of benzene rings is 2. The van der Waals surface area contributed by atoms with E-state index in [4.69, 9.17) is 9.84 Å². The van der Waals surface area contributed by atoms with Crippen molar-refractivity contribution < 1.29 is 19.4 Å². The first-order valence-electron chi connectivity index (χ1n) is 11.0. The fourth-order valence-electron chi connectivity index (χ4n) is 3.77. The smallest absolute Gasteiger partial charge is 0.309 e. The summed E-state index contributed by atoms with van der Waals surface area (Å²) in [6.45, 7) is 4.42. The summed E-state index contributed by atoms with van der Waals surface area (Å²) in [7, 11) is 0. The Hall–Kier alpha value is -2.62. The molecule has 0 aliphatic heterocycles. The zero-order valence-electron chi connectivity index (χ0n) is 18.2. The SMILES string of the molecule is CCCc1ccc(COC(=O)C(CC)CC(CCC(=O)O)Cc2ccccc2)cc1. The van der Waals surface area contributed by atoms with Crippen molar-refractivity contribution >= 4 is 11.9 Å². The minimum absolute atomic E-state index is 0.118. The maximum atomic E-state index is 12.7. The highest BCUT2D eigenvalue weighted by molar-refractivity contribution is 5.72. The quantitative estimate of drug-likeness (QED) is 0.423. The van der Waals surface area contributed by atoms with Crippen LogP contribution < -0.4 is 0 Å². The van der Waals surface area contributed by atoms with E-state index < -0.39 is 5.97 Å². The number of hydrogen-bond acceptors (Lipinski definition) is 3. The van der Waals surface area contributed by atoms with Gasteiger partial charge in [0.2, 0.25) is 0 Å². The molecule has 2 aromatic carbocycles. The number of carboxylic acids is 1. The summed E-state index contributed by atoms with van der Waals surface area (Å²) < 4.78 is 5.60. The molecular formula is C26H34O4. The molecule has 0 spiro atoms. The fourth-order valence-corrected chi connectivity index (χ4v) is 3.77. The summed E-state index contributed by atoms with van der Waals surface area (Å²) in [4.78, 5) is 23.8. The molecule has 162 valence electrons. The lowest BCUT2D eigenvalue weighted by atomic mass is 9.85. The Labute approximate surface area is 180 Å². The molecule has 0 aliphatic carbocycles. The molecule has 0 fully saturated rings. The lowest BCUT2D eigenvalue weighted by Gasteiger charge is -2.22.